The molecule has 0 aliphatic rings. The van der Waals surface area contributed by atoms with Gasteiger partial charge in [0.1, 0.15) is 11.5 Å². The van der Waals surface area contributed by atoms with Crippen LogP contribution in [0.15, 0.2) is 30.3 Å². The minimum atomic E-state index is -0.0532. The number of ether oxygens (including phenoxy) is 2. The highest BCUT2D eigenvalue weighted by molar-refractivity contribution is 5.94. The fourth-order valence-electron chi connectivity index (χ4n) is 2.58. The third kappa shape index (κ3) is 4.88. The zero-order valence-electron chi connectivity index (χ0n) is 15.3. The molecule has 0 unspecified atom stereocenters. The normalized spacial score (nSPS) is 11.5. The second-order valence-corrected chi connectivity index (χ2v) is 7.13. The van der Waals surface area contributed by atoms with Gasteiger partial charge < -0.3 is 14.6 Å². The minimum Gasteiger partial charge on any atom is -0.493 e. The summed E-state index contributed by atoms with van der Waals surface area (Å²) in [4.78, 5) is 0. The maximum absolute atomic E-state index is 9.79. The van der Waals surface area contributed by atoms with Gasteiger partial charge in [0, 0.05) is 16.3 Å². The van der Waals surface area contributed by atoms with E-state index in [2.05, 4.69) is 33.8 Å². The Kier molecular flexibility index (Phi) is 6.92. The Balaban J connectivity index is 2.32. The van der Waals surface area contributed by atoms with Gasteiger partial charge in [-0.05, 0) is 30.7 Å². The lowest BCUT2D eigenvalue weighted by molar-refractivity contribution is 0.254. The van der Waals surface area contributed by atoms with Crippen molar-refractivity contribution >= 4 is 10.8 Å². The lowest BCUT2D eigenvalue weighted by Gasteiger charge is -2.18. The standard InChI is InChI=1S/C21H30O3/c1-15(2)9-11-23-20-13-17(14-22)21(24-12-10-16(3)4)19-8-6-5-7-18(19)20/h5-8,13,15-16,22H,9-12,14H2,1-4H3. The van der Waals surface area contributed by atoms with E-state index in [1.165, 1.54) is 0 Å². The van der Waals surface area contributed by atoms with E-state index in [-0.39, 0.29) is 6.61 Å². The number of aliphatic hydroxyl groups is 1. The largest absolute Gasteiger partial charge is 0.493 e. The molecule has 3 heteroatoms. The van der Waals surface area contributed by atoms with E-state index in [9.17, 15) is 5.11 Å². The van der Waals surface area contributed by atoms with Crippen molar-refractivity contribution in [2.45, 2.75) is 47.1 Å². The summed E-state index contributed by atoms with van der Waals surface area (Å²) in [5.74, 6) is 2.80. The molecule has 2 rings (SSSR count). The molecule has 0 saturated heterocycles. The van der Waals surface area contributed by atoms with Crippen molar-refractivity contribution in [1.82, 2.24) is 0 Å². The number of benzene rings is 2. The molecule has 0 radical (unpaired) electrons. The first-order valence-electron chi connectivity index (χ1n) is 8.94. The first-order valence-corrected chi connectivity index (χ1v) is 8.94. The monoisotopic (exact) mass is 330 g/mol. The van der Waals surface area contributed by atoms with Crippen LogP contribution in [0.25, 0.3) is 10.8 Å². The molecular formula is C21H30O3. The molecule has 0 aliphatic heterocycles. The van der Waals surface area contributed by atoms with Crippen LogP contribution in [0.1, 0.15) is 46.1 Å². The lowest BCUT2D eigenvalue weighted by atomic mass is 10.0. The molecule has 3 nitrogen and oxygen atoms in total. The maximum atomic E-state index is 9.79. The van der Waals surface area contributed by atoms with Gasteiger partial charge in [-0.25, -0.2) is 0 Å². The summed E-state index contributed by atoms with van der Waals surface area (Å²) < 4.78 is 12.0. The van der Waals surface area contributed by atoms with E-state index in [1.54, 1.807) is 0 Å². The first kappa shape index (κ1) is 18.6. The summed E-state index contributed by atoms with van der Waals surface area (Å²) in [5.41, 5.74) is 0.789. The number of aliphatic hydroxyl groups excluding tert-OH is 1. The number of hydrogen-bond donors (Lipinski definition) is 1. The van der Waals surface area contributed by atoms with Crippen LogP contribution in [0.2, 0.25) is 0 Å². The second-order valence-electron chi connectivity index (χ2n) is 7.13. The van der Waals surface area contributed by atoms with Gasteiger partial charge in [-0.15, -0.1) is 0 Å². The van der Waals surface area contributed by atoms with E-state index < -0.39 is 0 Å². The van der Waals surface area contributed by atoms with Crippen LogP contribution in [0.3, 0.4) is 0 Å². The predicted molar refractivity (Wildman–Crippen MR) is 99.8 cm³/mol. The van der Waals surface area contributed by atoms with Crippen LogP contribution in [0, 0.1) is 11.8 Å². The summed E-state index contributed by atoms with van der Waals surface area (Å²) in [6, 6.07) is 10.0. The Labute approximate surface area is 145 Å². The van der Waals surface area contributed by atoms with Gasteiger partial charge in [-0.1, -0.05) is 52.0 Å². The number of fused-ring (bicyclic) bond motifs is 1. The van der Waals surface area contributed by atoms with E-state index >= 15 is 0 Å². The molecule has 24 heavy (non-hydrogen) atoms. The van der Waals surface area contributed by atoms with Gasteiger partial charge in [0.05, 0.1) is 19.8 Å². The minimum absolute atomic E-state index is 0.0532. The molecule has 2 aromatic rings. The Morgan fingerprint density at radius 1 is 0.875 bits per heavy atom. The van der Waals surface area contributed by atoms with Crippen LogP contribution in [0.4, 0.5) is 0 Å². The zero-order chi connectivity index (χ0) is 17.5. The van der Waals surface area contributed by atoms with E-state index in [0.717, 1.165) is 40.7 Å². The molecule has 0 spiro atoms. The smallest absolute Gasteiger partial charge is 0.132 e. The second kappa shape index (κ2) is 8.93. The summed E-state index contributed by atoms with van der Waals surface area (Å²) in [7, 11) is 0. The van der Waals surface area contributed by atoms with Gasteiger partial charge >= 0.3 is 0 Å². The van der Waals surface area contributed by atoms with Crippen molar-refractivity contribution in [3.63, 3.8) is 0 Å². The average molecular weight is 330 g/mol. The fourth-order valence-corrected chi connectivity index (χ4v) is 2.58. The van der Waals surface area contributed by atoms with Gasteiger partial charge in [-0.3, -0.25) is 0 Å². The third-order valence-electron chi connectivity index (χ3n) is 4.10. The van der Waals surface area contributed by atoms with Gasteiger partial charge in [0.2, 0.25) is 0 Å². The van der Waals surface area contributed by atoms with E-state index in [1.807, 2.05) is 24.3 Å². The molecule has 0 aromatic heterocycles. The first-order chi connectivity index (χ1) is 11.5. The predicted octanol–water partition coefficient (Wildman–Crippen LogP) is 5.18. The molecular weight excluding hydrogens is 300 g/mol. The van der Waals surface area contributed by atoms with E-state index in [4.69, 9.17) is 9.47 Å². The van der Waals surface area contributed by atoms with Gasteiger partial charge in [0.25, 0.3) is 0 Å². The molecule has 0 amide bonds. The van der Waals surface area contributed by atoms with E-state index in [0.29, 0.717) is 25.0 Å². The Hall–Kier alpha value is -1.74. The molecule has 0 atom stereocenters. The molecule has 0 fully saturated rings. The molecule has 132 valence electrons. The van der Waals surface area contributed by atoms with Crippen molar-refractivity contribution < 1.29 is 14.6 Å². The van der Waals surface area contributed by atoms with Crippen molar-refractivity contribution in [2.24, 2.45) is 11.8 Å². The van der Waals surface area contributed by atoms with Crippen molar-refractivity contribution in [2.75, 3.05) is 13.2 Å². The van der Waals surface area contributed by atoms with Crippen molar-refractivity contribution in [3.8, 4) is 11.5 Å². The topological polar surface area (TPSA) is 38.7 Å². The van der Waals surface area contributed by atoms with Crippen LogP contribution in [-0.2, 0) is 6.61 Å². The quantitative estimate of drug-likeness (QED) is 0.688. The van der Waals surface area contributed by atoms with Crippen LogP contribution in [0.5, 0.6) is 11.5 Å². The number of hydrogen-bond acceptors (Lipinski definition) is 3. The Morgan fingerprint density at radius 3 is 2.04 bits per heavy atom. The van der Waals surface area contributed by atoms with Gasteiger partial charge in [0.15, 0.2) is 0 Å². The molecule has 2 aromatic carbocycles. The van der Waals surface area contributed by atoms with Crippen LogP contribution < -0.4 is 9.47 Å². The highest BCUT2D eigenvalue weighted by Crippen LogP contribution is 2.37. The third-order valence-corrected chi connectivity index (χ3v) is 4.10. The maximum Gasteiger partial charge on any atom is 0.132 e. The van der Waals surface area contributed by atoms with Crippen LogP contribution >= 0.6 is 0 Å². The zero-order valence-corrected chi connectivity index (χ0v) is 15.3. The SMILES string of the molecule is CC(C)CCOc1cc(CO)c(OCCC(C)C)c2ccccc12. The number of rotatable bonds is 9. The Morgan fingerprint density at radius 2 is 1.46 bits per heavy atom. The summed E-state index contributed by atoms with van der Waals surface area (Å²) in [5, 5.41) is 11.8. The molecule has 0 heterocycles. The summed E-state index contributed by atoms with van der Waals surface area (Å²) in [6.07, 6.45) is 2.00. The lowest BCUT2D eigenvalue weighted by Crippen LogP contribution is -2.06. The highest BCUT2D eigenvalue weighted by atomic mass is 16.5. The molecule has 0 bridgehead atoms. The van der Waals surface area contributed by atoms with Crippen LogP contribution in [-0.4, -0.2) is 18.3 Å². The Bertz CT molecular complexity index is 647. The highest BCUT2D eigenvalue weighted by Gasteiger charge is 2.14. The molecule has 1 N–H and O–H groups in total. The molecule has 0 saturated carbocycles. The summed E-state index contributed by atoms with van der Waals surface area (Å²) in [6.45, 7) is 10.0. The van der Waals surface area contributed by atoms with Crippen molar-refractivity contribution in [1.29, 1.82) is 0 Å². The van der Waals surface area contributed by atoms with Crippen molar-refractivity contribution in [3.05, 3.63) is 35.9 Å². The molecule has 0 aliphatic carbocycles. The van der Waals surface area contributed by atoms with Gasteiger partial charge in [-0.2, -0.15) is 0 Å². The fraction of sp³-hybridized carbons (Fsp3) is 0.524. The average Bonchev–Trinajstić information content (AvgIpc) is 2.55. The summed E-state index contributed by atoms with van der Waals surface area (Å²) >= 11 is 0.